The number of hydrogen-bond donors (Lipinski definition) is 2. The van der Waals surface area contributed by atoms with Crippen LogP contribution < -0.4 is 11.1 Å². The lowest BCUT2D eigenvalue weighted by Crippen LogP contribution is -2.52. The van der Waals surface area contributed by atoms with Crippen LogP contribution >= 0.6 is 0 Å². The second-order valence-electron chi connectivity index (χ2n) is 6.38. The van der Waals surface area contributed by atoms with E-state index in [0.29, 0.717) is 0 Å². The quantitative estimate of drug-likeness (QED) is 0.598. The SMILES string of the molecule is [2H]C1([2H])NCCC[C@]([2H])(N(C(=O)CCC(C)C(N)=O)S(=O)(=O)C2=NC=CCC2=O)C1=O. The van der Waals surface area contributed by atoms with Crippen molar-refractivity contribution in [2.24, 2.45) is 16.6 Å². The number of hydrogen-bond acceptors (Lipinski definition) is 8. The van der Waals surface area contributed by atoms with Gasteiger partial charge in [-0.1, -0.05) is 13.0 Å². The van der Waals surface area contributed by atoms with Crippen LogP contribution in [-0.2, 0) is 29.2 Å². The molecule has 2 aliphatic heterocycles. The van der Waals surface area contributed by atoms with Crippen LogP contribution in [0, 0.1) is 5.92 Å². The van der Waals surface area contributed by atoms with Crippen molar-refractivity contribution in [2.45, 2.75) is 45.0 Å². The highest BCUT2D eigenvalue weighted by Crippen LogP contribution is 2.22. The van der Waals surface area contributed by atoms with Gasteiger partial charge in [-0.25, -0.2) is 9.30 Å². The molecule has 154 valence electrons. The van der Waals surface area contributed by atoms with Gasteiger partial charge in [0.25, 0.3) is 10.0 Å². The molecule has 2 atom stereocenters. The van der Waals surface area contributed by atoms with Crippen LogP contribution in [0.25, 0.3) is 0 Å². The van der Waals surface area contributed by atoms with Crippen molar-refractivity contribution in [3.63, 3.8) is 0 Å². The molecule has 0 aliphatic carbocycles. The number of nitrogens with two attached hydrogens (primary N) is 1. The number of aliphatic imine (C=N–C) groups is 1. The van der Waals surface area contributed by atoms with E-state index in [2.05, 4.69) is 10.3 Å². The van der Waals surface area contributed by atoms with Crippen molar-refractivity contribution in [3.8, 4) is 0 Å². The number of ketones is 2. The summed E-state index contributed by atoms with van der Waals surface area (Å²) in [4.78, 5) is 52.9. The highest BCUT2D eigenvalue weighted by Gasteiger charge is 2.43. The molecule has 1 saturated heterocycles. The first-order chi connectivity index (χ1) is 14.2. The lowest BCUT2D eigenvalue weighted by atomic mass is 10.0. The van der Waals surface area contributed by atoms with E-state index in [1.165, 1.54) is 13.0 Å². The molecule has 0 radical (unpaired) electrons. The molecule has 1 fully saturated rings. The molecule has 0 aromatic carbocycles. The minimum atomic E-state index is -5.08. The van der Waals surface area contributed by atoms with Crippen molar-refractivity contribution in [1.82, 2.24) is 9.62 Å². The van der Waals surface area contributed by atoms with Gasteiger partial charge in [-0.15, -0.1) is 0 Å². The Morgan fingerprint density at radius 1 is 1.50 bits per heavy atom. The summed E-state index contributed by atoms with van der Waals surface area (Å²) in [6, 6.07) is -2.86. The van der Waals surface area contributed by atoms with Crippen LogP contribution in [0.3, 0.4) is 0 Å². The number of Topliss-reactive ketones (excluding diaryl/α,β-unsaturated/α-hetero) is 2. The molecule has 11 heteroatoms. The van der Waals surface area contributed by atoms with Crippen LogP contribution in [0.15, 0.2) is 17.3 Å². The van der Waals surface area contributed by atoms with Gasteiger partial charge < -0.3 is 11.1 Å². The van der Waals surface area contributed by atoms with E-state index in [4.69, 9.17) is 9.85 Å². The molecule has 3 N–H and O–H groups in total. The molecule has 2 heterocycles. The van der Waals surface area contributed by atoms with E-state index in [0.717, 1.165) is 6.20 Å². The maximum absolute atomic E-state index is 13.3. The number of primary amides is 1. The van der Waals surface area contributed by atoms with Crippen LogP contribution in [0.5, 0.6) is 0 Å². The molecule has 28 heavy (non-hydrogen) atoms. The molecule has 0 saturated carbocycles. The molecule has 2 amide bonds. The standard InChI is InChI=1S/C17H24N4O6S/c1-11(16(18)25)6-7-15(24)21(12-4-2-8-19-10-14(12)23)28(26,27)17-13(22)5-3-9-20-17/h3,9,11-12,19H,2,4-8,10H2,1H3,(H2,18,25)/t11?,12-/m0/s1/i10D2,12D. The zero-order chi connectivity index (χ0) is 23.6. The summed E-state index contributed by atoms with van der Waals surface area (Å²) in [7, 11) is -5.08. The van der Waals surface area contributed by atoms with Gasteiger partial charge in [0.1, 0.15) is 6.02 Å². The molecule has 0 aromatic rings. The van der Waals surface area contributed by atoms with E-state index in [1.807, 2.05) is 0 Å². The van der Waals surface area contributed by atoms with Crippen molar-refractivity contribution < 1.29 is 31.7 Å². The van der Waals surface area contributed by atoms with Crippen molar-refractivity contribution in [3.05, 3.63) is 12.3 Å². The van der Waals surface area contributed by atoms with Gasteiger partial charge in [-0.3, -0.25) is 19.2 Å². The average Bonchev–Trinajstić information content (AvgIpc) is 2.77. The predicted octanol–water partition coefficient (Wildman–Crippen LogP) is -0.747. The second kappa shape index (κ2) is 9.20. The Bertz CT molecular complexity index is 965. The van der Waals surface area contributed by atoms with Gasteiger partial charge in [0.2, 0.25) is 16.9 Å². The molecule has 2 aliphatic rings. The highest BCUT2D eigenvalue weighted by molar-refractivity contribution is 8.06. The van der Waals surface area contributed by atoms with E-state index in [-0.39, 0.29) is 30.1 Å². The van der Waals surface area contributed by atoms with Gasteiger partial charge in [0.15, 0.2) is 11.6 Å². The Hall–Kier alpha value is -2.40. The molecular weight excluding hydrogens is 388 g/mol. The highest BCUT2D eigenvalue weighted by atomic mass is 32.2. The van der Waals surface area contributed by atoms with E-state index in [9.17, 15) is 27.6 Å². The van der Waals surface area contributed by atoms with Crippen molar-refractivity contribution in [2.75, 3.05) is 13.0 Å². The third-order valence-electron chi connectivity index (χ3n) is 4.25. The van der Waals surface area contributed by atoms with E-state index < -0.39 is 69.7 Å². The zero-order valence-corrected chi connectivity index (χ0v) is 16.1. The van der Waals surface area contributed by atoms with E-state index in [1.54, 1.807) is 0 Å². The van der Waals surface area contributed by atoms with Crippen LogP contribution in [0.4, 0.5) is 0 Å². The number of nitrogens with one attached hydrogen (secondary N) is 1. The summed E-state index contributed by atoms with van der Waals surface area (Å²) < 4.78 is 50.9. The topological polar surface area (TPSA) is 156 Å². The fraction of sp³-hybridized carbons (Fsp3) is 0.588. The summed E-state index contributed by atoms with van der Waals surface area (Å²) in [6.07, 6.45) is 0.815. The monoisotopic (exact) mass is 415 g/mol. The van der Waals surface area contributed by atoms with Gasteiger partial charge in [0, 0.05) is 25.0 Å². The maximum Gasteiger partial charge on any atom is 0.288 e. The molecule has 0 bridgehead atoms. The number of carbonyl (C=O) groups is 4. The van der Waals surface area contributed by atoms with Gasteiger partial charge in [0.05, 0.1) is 10.6 Å². The minimum absolute atomic E-state index is 0.00602. The maximum atomic E-state index is 13.3. The van der Waals surface area contributed by atoms with E-state index >= 15 is 0 Å². The smallest absolute Gasteiger partial charge is 0.288 e. The summed E-state index contributed by atoms with van der Waals surface area (Å²) in [5.41, 5.74) is 5.16. The molecule has 0 aromatic heterocycles. The summed E-state index contributed by atoms with van der Waals surface area (Å²) >= 11 is 0. The lowest BCUT2D eigenvalue weighted by molar-refractivity contribution is -0.134. The fourth-order valence-electron chi connectivity index (χ4n) is 2.62. The van der Waals surface area contributed by atoms with Gasteiger partial charge in [-0.05, 0) is 25.8 Å². The van der Waals surface area contributed by atoms with Crippen molar-refractivity contribution >= 4 is 38.4 Å². The lowest BCUT2D eigenvalue weighted by Gasteiger charge is -2.29. The molecule has 1 unspecified atom stereocenters. The normalized spacial score (nSPS) is 27.6. The Kier molecular flexibility index (Phi) is 5.81. The predicted molar refractivity (Wildman–Crippen MR) is 100 cm³/mol. The third kappa shape index (κ3) is 4.90. The largest absolute Gasteiger partial charge is 0.369 e. The van der Waals surface area contributed by atoms with Crippen LogP contribution in [-0.4, -0.2) is 60.2 Å². The minimum Gasteiger partial charge on any atom is -0.369 e. The molecular formula is C17H24N4O6S. The Morgan fingerprint density at radius 2 is 2.21 bits per heavy atom. The number of amides is 2. The van der Waals surface area contributed by atoms with Crippen molar-refractivity contribution in [1.29, 1.82) is 0 Å². The first-order valence-electron chi connectivity index (χ1n) is 10.2. The summed E-state index contributed by atoms with van der Waals surface area (Å²) in [5.74, 6) is -5.19. The average molecular weight is 415 g/mol. The number of rotatable bonds is 5. The summed E-state index contributed by atoms with van der Waals surface area (Å²) in [5, 5.41) is 1.28. The number of sulfonamides is 1. The third-order valence-corrected chi connectivity index (χ3v) is 5.98. The Morgan fingerprint density at radius 3 is 2.86 bits per heavy atom. The van der Waals surface area contributed by atoms with Gasteiger partial charge >= 0.3 is 0 Å². The summed E-state index contributed by atoms with van der Waals surface area (Å²) in [6.45, 7) is -1.41. The van der Waals surface area contributed by atoms with Gasteiger partial charge in [-0.2, -0.15) is 8.42 Å². The van der Waals surface area contributed by atoms with Crippen LogP contribution in [0.1, 0.15) is 43.1 Å². The first kappa shape index (κ1) is 17.7. The molecule has 10 nitrogen and oxygen atoms in total. The molecule has 2 rings (SSSR count). The fourth-order valence-corrected chi connectivity index (χ4v) is 4.18. The number of carbonyl (C=O) groups excluding carboxylic acids is 4. The molecule has 0 spiro atoms. The Labute approximate surface area is 167 Å². The first-order valence-corrected chi connectivity index (χ1v) is 10.1. The Balaban J connectivity index is 2.59. The zero-order valence-electron chi connectivity index (χ0n) is 18.3. The number of allylic oxidation sites excluding steroid dienone is 1. The number of nitrogens with zero attached hydrogens (tertiary/aromatic N) is 2. The van der Waals surface area contributed by atoms with Crippen LogP contribution in [0.2, 0.25) is 0 Å². The second-order valence-corrected chi connectivity index (χ2v) is 8.08.